The van der Waals surface area contributed by atoms with E-state index in [2.05, 4.69) is 0 Å². The van der Waals surface area contributed by atoms with Gasteiger partial charge in [0, 0.05) is 12.1 Å². The number of nitro benzene ring substituents is 1. The van der Waals surface area contributed by atoms with Gasteiger partial charge in [-0.25, -0.2) is 4.79 Å². The molecule has 7 nitrogen and oxygen atoms in total. The number of carbonyl (C=O) groups excluding carboxylic acids is 1. The first-order chi connectivity index (χ1) is 13.6. The van der Waals surface area contributed by atoms with Crippen LogP contribution >= 0.6 is 0 Å². The summed E-state index contributed by atoms with van der Waals surface area (Å²) in [5, 5.41) is 10.6. The van der Waals surface area contributed by atoms with Crippen molar-refractivity contribution < 1.29 is 23.9 Å². The number of benzene rings is 3. The van der Waals surface area contributed by atoms with Gasteiger partial charge in [-0.3, -0.25) is 10.1 Å². The second kappa shape index (κ2) is 9.18. The molecular weight excluding hydrogens is 362 g/mol. The van der Waals surface area contributed by atoms with Crippen molar-refractivity contribution in [2.45, 2.75) is 0 Å². The molecular formula is C21H17NO6. The van der Waals surface area contributed by atoms with Gasteiger partial charge < -0.3 is 14.2 Å². The molecule has 0 unspecified atom stereocenters. The average Bonchev–Trinajstić information content (AvgIpc) is 2.73. The van der Waals surface area contributed by atoms with E-state index in [4.69, 9.17) is 14.2 Å². The predicted molar refractivity (Wildman–Crippen MR) is 102 cm³/mol. The van der Waals surface area contributed by atoms with Crippen molar-refractivity contribution in [3.63, 3.8) is 0 Å². The zero-order valence-electron chi connectivity index (χ0n) is 14.8. The fraction of sp³-hybridized carbons (Fsp3) is 0.0952. The summed E-state index contributed by atoms with van der Waals surface area (Å²) in [5.41, 5.74) is 0.267. The number of nitro groups is 1. The number of ether oxygens (including phenoxy) is 3. The normalized spacial score (nSPS) is 10.1. The number of rotatable bonds is 8. The van der Waals surface area contributed by atoms with Gasteiger partial charge in [-0.1, -0.05) is 18.2 Å². The van der Waals surface area contributed by atoms with Crippen LogP contribution in [0.3, 0.4) is 0 Å². The van der Waals surface area contributed by atoms with Crippen molar-refractivity contribution in [1.82, 2.24) is 0 Å². The highest BCUT2D eigenvalue weighted by Gasteiger charge is 2.10. The van der Waals surface area contributed by atoms with Gasteiger partial charge in [-0.05, 0) is 48.5 Å². The zero-order valence-corrected chi connectivity index (χ0v) is 14.8. The third kappa shape index (κ3) is 5.31. The van der Waals surface area contributed by atoms with Gasteiger partial charge in [0.2, 0.25) is 0 Å². The van der Waals surface area contributed by atoms with Crippen LogP contribution < -0.4 is 14.2 Å². The Kier molecular flexibility index (Phi) is 6.20. The highest BCUT2D eigenvalue weighted by molar-refractivity contribution is 5.91. The molecule has 0 heterocycles. The Balaban J connectivity index is 1.47. The quantitative estimate of drug-likeness (QED) is 0.191. The van der Waals surface area contributed by atoms with Crippen molar-refractivity contribution in [3.8, 4) is 17.2 Å². The molecule has 0 aromatic heterocycles. The molecule has 142 valence electrons. The van der Waals surface area contributed by atoms with Gasteiger partial charge >= 0.3 is 5.97 Å². The van der Waals surface area contributed by atoms with Crippen molar-refractivity contribution in [2.24, 2.45) is 0 Å². The summed E-state index contributed by atoms with van der Waals surface area (Å²) in [6, 6.07) is 21.2. The zero-order chi connectivity index (χ0) is 19.8. The Hall–Kier alpha value is -3.87. The summed E-state index contributed by atoms with van der Waals surface area (Å²) in [6.45, 7) is 0.759. The molecule has 3 aromatic carbocycles. The first-order valence-electron chi connectivity index (χ1n) is 8.49. The molecule has 3 rings (SSSR count). The monoisotopic (exact) mass is 379 g/mol. The molecule has 0 N–H and O–H groups in total. The largest absolute Gasteiger partial charge is 0.490 e. The minimum absolute atomic E-state index is 0.0717. The molecule has 3 aromatic rings. The first-order valence-corrected chi connectivity index (χ1v) is 8.49. The molecule has 0 saturated heterocycles. The molecule has 0 fully saturated rings. The number of non-ortho nitro benzene ring substituents is 1. The van der Waals surface area contributed by atoms with E-state index in [9.17, 15) is 14.9 Å². The Morgan fingerprint density at radius 2 is 1.29 bits per heavy atom. The number of hydrogen-bond acceptors (Lipinski definition) is 6. The minimum Gasteiger partial charge on any atom is -0.490 e. The summed E-state index contributed by atoms with van der Waals surface area (Å²) < 4.78 is 16.3. The molecule has 0 aliphatic heterocycles. The second-order valence-corrected chi connectivity index (χ2v) is 5.67. The average molecular weight is 379 g/mol. The number of carbonyl (C=O) groups is 1. The smallest absolute Gasteiger partial charge is 0.343 e. The van der Waals surface area contributed by atoms with Crippen molar-refractivity contribution >= 4 is 11.7 Å². The molecule has 0 saturated carbocycles. The Labute approximate surface area is 161 Å². The lowest BCUT2D eigenvalue weighted by Gasteiger charge is -2.09. The molecule has 0 aliphatic rings. The summed E-state index contributed by atoms with van der Waals surface area (Å²) in [5.74, 6) is 1.04. The summed E-state index contributed by atoms with van der Waals surface area (Å²) in [6.07, 6.45) is 0. The predicted octanol–water partition coefficient (Wildman–Crippen LogP) is 4.27. The van der Waals surface area contributed by atoms with Crippen molar-refractivity contribution in [2.75, 3.05) is 13.2 Å². The highest BCUT2D eigenvalue weighted by atomic mass is 16.6. The van der Waals surface area contributed by atoms with E-state index in [1.165, 1.54) is 24.3 Å². The summed E-state index contributed by atoms with van der Waals surface area (Å²) >= 11 is 0. The fourth-order valence-electron chi connectivity index (χ4n) is 2.32. The molecule has 0 radical (unpaired) electrons. The maximum atomic E-state index is 12.1. The number of nitrogens with zero attached hydrogens (tertiary/aromatic N) is 1. The van der Waals surface area contributed by atoms with Crippen LogP contribution in [0.1, 0.15) is 10.4 Å². The van der Waals surface area contributed by atoms with E-state index in [1.54, 1.807) is 24.3 Å². The lowest BCUT2D eigenvalue weighted by atomic mass is 10.2. The number of esters is 1. The molecule has 0 spiro atoms. The second-order valence-electron chi connectivity index (χ2n) is 5.67. The van der Waals surface area contributed by atoms with Gasteiger partial charge in [0.15, 0.2) is 0 Å². The molecule has 0 bridgehead atoms. The molecule has 0 aliphatic carbocycles. The Bertz CT molecular complexity index is 923. The lowest BCUT2D eigenvalue weighted by Crippen LogP contribution is -2.10. The Morgan fingerprint density at radius 3 is 1.86 bits per heavy atom. The first kappa shape index (κ1) is 18.9. The van der Waals surface area contributed by atoms with E-state index in [1.807, 2.05) is 30.3 Å². The van der Waals surface area contributed by atoms with Crippen LogP contribution in [-0.2, 0) is 0 Å². The third-order valence-electron chi connectivity index (χ3n) is 3.71. The van der Waals surface area contributed by atoms with E-state index >= 15 is 0 Å². The maximum absolute atomic E-state index is 12.1. The lowest BCUT2D eigenvalue weighted by molar-refractivity contribution is -0.384. The van der Waals surface area contributed by atoms with E-state index in [0.29, 0.717) is 24.5 Å². The minimum atomic E-state index is -0.562. The highest BCUT2D eigenvalue weighted by Crippen LogP contribution is 2.19. The third-order valence-corrected chi connectivity index (χ3v) is 3.71. The van der Waals surface area contributed by atoms with Crippen molar-refractivity contribution in [1.29, 1.82) is 0 Å². The number of hydrogen-bond donors (Lipinski definition) is 0. The van der Waals surface area contributed by atoms with Crippen LogP contribution in [0.5, 0.6) is 17.2 Å². The Morgan fingerprint density at radius 1 is 0.750 bits per heavy atom. The van der Waals surface area contributed by atoms with Crippen molar-refractivity contribution in [3.05, 3.63) is 94.5 Å². The van der Waals surface area contributed by atoms with Crippen LogP contribution in [0.15, 0.2) is 78.9 Å². The molecule has 7 heteroatoms. The van der Waals surface area contributed by atoms with Gasteiger partial charge in [0.1, 0.15) is 30.5 Å². The molecule has 28 heavy (non-hydrogen) atoms. The van der Waals surface area contributed by atoms with Gasteiger partial charge in [-0.2, -0.15) is 0 Å². The van der Waals surface area contributed by atoms with Gasteiger partial charge in [0.05, 0.1) is 10.5 Å². The standard InChI is InChI=1S/C21H17NO6/c23-21(28-20-12-8-17(9-13-20)22(24)25)16-6-10-19(11-7-16)27-15-14-26-18-4-2-1-3-5-18/h1-13H,14-15H2. The van der Waals surface area contributed by atoms with Crippen LogP contribution in [0.4, 0.5) is 5.69 Å². The van der Waals surface area contributed by atoms with E-state index in [-0.39, 0.29) is 11.4 Å². The number of para-hydroxylation sites is 1. The summed E-state index contributed by atoms with van der Waals surface area (Å²) in [4.78, 5) is 22.3. The summed E-state index contributed by atoms with van der Waals surface area (Å²) in [7, 11) is 0. The van der Waals surface area contributed by atoms with Crippen LogP contribution in [0.2, 0.25) is 0 Å². The van der Waals surface area contributed by atoms with Crippen LogP contribution in [-0.4, -0.2) is 24.1 Å². The van der Waals surface area contributed by atoms with E-state index in [0.717, 1.165) is 5.75 Å². The molecule has 0 amide bonds. The topological polar surface area (TPSA) is 87.9 Å². The fourth-order valence-corrected chi connectivity index (χ4v) is 2.32. The van der Waals surface area contributed by atoms with E-state index < -0.39 is 10.9 Å². The SMILES string of the molecule is O=C(Oc1ccc([N+](=O)[O-])cc1)c1ccc(OCCOc2ccccc2)cc1. The van der Waals surface area contributed by atoms with Crippen LogP contribution in [0, 0.1) is 10.1 Å². The van der Waals surface area contributed by atoms with Gasteiger partial charge in [-0.15, -0.1) is 0 Å². The van der Waals surface area contributed by atoms with Crippen LogP contribution in [0.25, 0.3) is 0 Å². The maximum Gasteiger partial charge on any atom is 0.343 e. The molecule has 0 atom stereocenters. The van der Waals surface area contributed by atoms with Gasteiger partial charge in [0.25, 0.3) is 5.69 Å².